The summed E-state index contributed by atoms with van der Waals surface area (Å²) in [5.74, 6) is 0.827. The second-order valence-corrected chi connectivity index (χ2v) is 6.34. The molecule has 0 radical (unpaired) electrons. The number of nitrogens with one attached hydrogen (secondary N) is 1. The summed E-state index contributed by atoms with van der Waals surface area (Å²) < 4.78 is 1.89. The largest absolute Gasteiger partial charge is 0.360 e. The third kappa shape index (κ3) is 3.26. The number of thiazole rings is 1. The summed E-state index contributed by atoms with van der Waals surface area (Å²) in [4.78, 5) is 8.78. The van der Waals surface area contributed by atoms with Gasteiger partial charge in [-0.2, -0.15) is 0 Å². The normalized spacial score (nSPS) is 12.5. The molecule has 6 heteroatoms. The molecule has 0 aromatic carbocycles. The Morgan fingerprint density at radius 2 is 2.18 bits per heavy atom. The van der Waals surface area contributed by atoms with Gasteiger partial charge in [0.05, 0.1) is 10.5 Å². The molecule has 2 aromatic rings. The number of rotatable bonds is 3. The van der Waals surface area contributed by atoms with Crippen LogP contribution in [0.25, 0.3) is 0 Å². The summed E-state index contributed by atoms with van der Waals surface area (Å²) in [5, 5.41) is 6.46. The quantitative estimate of drug-likeness (QED) is 0.854. The highest BCUT2D eigenvalue weighted by Crippen LogP contribution is 2.27. The predicted octanol–water partition coefficient (Wildman–Crippen LogP) is 4.54. The molecule has 1 atom stereocenters. The van der Waals surface area contributed by atoms with E-state index < -0.39 is 0 Å². The van der Waals surface area contributed by atoms with Crippen LogP contribution in [-0.4, -0.2) is 9.97 Å². The number of aromatic nitrogens is 2. The van der Waals surface area contributed by atoms with Gasteiger partial charge < -0.3 is 5.32 Å². The zero-order valence-corrected chi connectivity index (χ0v) is 13.4. The van der Waals surface area contributed by atoms with Crippen LogP contribution >= 0.6 is 43.2 Å². The SMILES string of the molecule is Cc1csc(C(C)Nc2ncc(Br)cc2Br)n1. The summed E-state index contributed by atoms with van der Waals surface area (Å²) >= 11 is 8.52. The van der Waals surface area contributed by atoms with Gasteiger partial charge in [0.15, 0.2) is 0 Å². The average Bonchev–Trinajstić information content (AvgIpc) is 2.69. The molecular weight excluding hydrogens is 366 g/mol. The van der Waals surface area contributed by atoms with E-state index in [0.29, 0.717) is 0 Å². The molecule has 0 fully saturated rings. The highest BCUT2D eigenvalue weighted by molar-refractivity contribution is 9.11. The van der Waals surface area contributed by atoms with Crippen LogP contribution in [0.1, 0.15) is 23.7 Å². The van der Waals surface area contributed by atoms with Crippen LogP contribution in [0.4, 0.5) is 5.82 Å². The van der Waals surface area contributed by atoms with Gasteiger partial charge in [-0.05, 0) is 51.8 Å². The lowest BCUT2D eigenvalue weighted by atomic mass is 10.3. The molecule has 1 N–H and O–H groups in total. The van der Waals surface area contributed by atoms with E-state index in [0.717, 1.165) is 25.5 Å². The number of aryl methyl sites for hydroxylation is 1. The van der Waals surface area contributed by atoms with Crippen molar-refractivity contribution < 1.29 is 0 Å². The molecule has 0 aliphatic rings. The molecular formula is C11H11Br2N3S. The predicted molar refractivity (Wildman–Crippen MR) is 78.5 cm³/mol. The fraction of sp³-hybridized carbons (Fsp3) is 0.273. The minimum Gasteiger partial charge on any atom is -0.360 e. The third-order valence-corrected chi connectivity index (χ3v) is 4.35. The highest BCUT2D eigenvalue weighted by atomic mass is 79.9. The van der Waals surface area contributed by atoms with Crippen LogP contribution in [0.5, 0.6) is 0 Å². The number of pyridine rings is 1. The van der Waals surface area contributed by atoms with Gasteiger partial charge in [0, 0.05) is 21.7 Å². The molecule has 0 amide bonds. The Bertz CT molecular complexity index is 527. The van der Waals surface area contributed by atoms with Crippen LogP contribution in [0, 0.1) is 6.92 Å². The second-order valence-electron chi connectivity index (χ2n) is 3.68. The number of hydrogen-bond donors (Lipinski definition) is 1. The lowest BCUT2D eigenvalue weighted by Gasteiger charge is -2.13. The standard InChI is InChI=1S/C11H11Br2N3S/c1-6-5-17-11(15-6)7(2)16-10-9(13)3-8(12)4-14-10/h3-5,7H,1-2H3,(H,14,16). The summed E-state index contributed by atoms with van der Waals surface area (Å²) in [6.07, 6.45) is 1.77. The van der Waals surface area contributed by atoms with Crippen LogP contribution < -0.4 is 5.32 Å². The maximum atomic E-state index is 4.46. The van der Waals surface area contributed by atoms with Crippen molar-refractivity contribution in [3.05, 3.63) is 37.3 Å². The summed E-state index contributed by atoms with van der Waals surface area (Å²) in [7, 11) is 0. The minimum atomic E-state index is 0.152. The monoisotopic (exact) mass is 375 g/mol. The molecule has 0 saturated carbocycles. The van der Waals surface area contributed by atoms with Gasteiger partial charge in [-0.25, -0.2) is 9.97 Å². The van der Waals surface area contributed by atoms with E-state index in [-0.39, 0.29) is 6.04 Å². The van der Waals surface area contributed by atoms with Gasteiger partial charge in [0.1, 0.15) is 10.8 Å². The van der Waals surface area contributed by atoms with Gasteiger partial charge in [-0.1, -0.05) is 0 Å². The molecule has 2 heterocycles. The van der Waals surface area contributed by atoms with E-state index in [1.807, 2.05) is 13.0 Å². The molecule has 1 unspecified atom stereocenters. The summed E-state index contributed by atoms with van der Waals surface area (Å²) in [5.41, 5.74) is 1.06. The number of anilines is 1. The molecule has 90 valence electrons. The van der Waals surface area contributed by atoms with Crippen molar-refractivity contribution in [1.29, 1.82) is 0 Å². The fourth-order valence-electron chi connectivity index (χ4n) is 1.36. The zero-order valence-electron chi connectivity index (χ0n) is 9.37. The van der Waals surface area contributed by atoms with Crippen molar-refractivity contribution in [2.45, 2.75) is 19.9 Å². The lowest BCUT2D eigenvalue weighted by Crippen LogP contribution is -2.08. The van der Waals surface area contributed by atoms with Crippen LogP contribution in [0.15, 0.2) is 26.6 Å². The van der Waals surface area contributed by atoms with Crippen molar-refractivity contribution in [2.75, 3.05) is 5.32 Å². The number of hydrogen-bond acceptors (Lipinski definition) is 4. The summed E-state index contributed by atoms with van der Waals surface area (Å²) in [6, 6.07) is 2.12. The zero-order chi connectivity index (χ0) is 12.4. The first-order valence-corrected chi connectivity index (χ1v) is 7.52. The van der Waals surface area contributed by atoms with Gasteiger partial charge in [-0.3, -0.25) is 0 Å². The Morgan fingerprint density at radius 1 is 1.41 bits per heavy atom. The maximum Gasteiger partial charge on any atom is 0.140 e. The molecule has 17 heavy (non-hydrogen) atoms. The Hall–Kier alpha value is -0.460. The second kappa shape index (κ2) is 5.46. The molecule has 0 spiro atoms. The number of nitrogens with zero attached hydrogens (tertiary/aromatic N) is 2. The minimum absolute atomic E-state index is 0.152. The highest BCUT2D eigenvalue weighted by Gasteiger charge is 2.11. The van der Waals surface area contributed by atoms with Crippen molar-refractivity contribution >= 4 is 49.0 Å². The van der Waals surface area contributed by atoms with E-state index in [9.17, 15) is 0 Å². The molecule has 0 bridgehead atoms. The molecule has 0 saturated heterocycles. The van der Waals surface area contributed by atoms with Crippen molar-refractivity contribution in [3.63, 3.8) is 0 Å². The van der Waals surface area contributed by atoms with Crippen molar-refractivity contribution in [2.24, 2.45) is 0 Å². The molecule has 3 nitrogen and oxygen atoms in total. The van der Waals surface area contributed by atoms with Crippen LogP contribution in [-0.2, 0) is 0 Å². The van der Waals surface area contributed by atoms with E-state index >= 15 is 0 Å². The van der Waals surface area contributed by atoms with E-state index in [1.165, 1.54) is 0 Å². The average molecular weight is 377 g/mol. The Morgan fingerprint density at radius 3 is 2.76 bits per heavy atom. The first kappa shape index (κ1) is 13.0. The third-order valence-electron chi connectivity index (χ3n) is 2.17. The lowest BCUT2D eigenvalue weighted by molar-refractivity contribution is 0.854. The number of halogens is 2. The summed E-state index contributed by atoms with van der Waals surface area (Å²) in [6.45, 7) is 4.08. The fourth-order valence-corrected chi connectivity index (χ4v) is 3.26. The smallest absolute Gasteiger partial charge is 0.140 e. The Kier molecular flexibility index (Phi) is 4.17. The van der Waals surface area contributed by atoms with Crippen molar-refractivity contribution in [1.82, 2.24) is 9.97 Å². The first-order valence-electron chi connectivity index (χ1n) is 5.06. The Labute approximate surface area is 121 Å². The maximum absolute atomic E-state index is 4.46. The molecule has 0 aliphatic heterocycles. The molecule has 2 rings (SSSR count). The topological polar surface area (TPSA) is 37.8 Å². The van der Waals surface area contributed by atoms with E-state index in [1.54, 1.807) is 17.5 Å². The van der Waals surface area contributed by atoms with Crippen LogP contribution in [0.3, 0.4) is 0 Å². The van der Waals surface area contributed by atoms with E-state index in [2.05, 4.69) is 59.4 Å². The van der Waals surface area contributed by atoms with Crippen molar-refractivity contribution in [3.8, 4) is 0 Å². The first-order chi connectivity index (χ1) is 8.06. The van der Waals surface area contributed by atoms with Gasteiger partial charge >= 0.3 is 0 Å². The van der Waals surface area contributed by atoms with Crippen LogP contribution in [0.2, 0.25) is 0 Å². The molecule has 0 aliphatic carbocycles. The van der Waals surface area contributed by atoms with E-state index in [4.69, 9.17) is 0 Å². The van der Waals surface area contributed by atoms with Gasteiger partial charge in [-0.15, -0.1) is 11.3 Å². The molecule has 2 aromatic heterocycles. The Balaban J connectivity index is 2.15. The van der Waals surface area contributed by atoms with Gasteiger partial charge in [0.25, 0.3) is 0 Å². The van der Waals surface area contributed by atoms with Gasteiger partial charge in [0.2, 0.25) is 0 Å².